The van der Waals surface area contributed by atoms with E-state index in [1.807, 2.05) is 0 Å². The van der Waals surface area contributed by atoms with Crippen LogP contribution in [0.1, 0.15) is 20.8 Å². The molecule has 1 aromatic heterocycles. The molecule has 2 aromatic rings. The van der Waals surface area contributed by atoms with Crippen LogP contribution >= 0.6 is 15.9 Å². The van der Waals surface area contributed by atoms with Gasteiger partial charge in [0.25, 0.3) is 5.91 Å². The molecule has 8 heteroatoms. The van der Waals surface area contributed by atoms with Crippen molar-refractivity contribution in [3.63, 3.8) is 0 Å². The molecule has 0 unspecified atom stereocenters. The van der Waals surface area contributed by atoms with Crippen molar-refractivity contribution >= 4 is 33.5 Å². The standard InChI is InChI=1S/C13H9BrFN3O3/c1-21-13(20)7-3-2-4-8(11(7)15)18-12(19)9-5-17-10(14)6-16-9/h2-6H,1H3,(H,18,19). The number of aromatic nitrogens is 2. The lowest BCUT2D eigenvalue weighted by Crippen LogP contribution is -2.16. The van der Waals surface area contributed by atoms with Crippen LogP contribution in [0.15, 0.2) is 35.2 Å². The molecule has 0 radical (unpaired) electrons. The third-order valence-corrected chi connectivity index (χ3v) is 2.91. The van der Waals surface area contributed by atoms with Crippen LogP contribution in [-0.4, -0.2) is 29.0 Å². The summed E-state index contributed by atoms with van der Waals surface area (Å²) in [6.45, 7) is 0. The van der Waals surface area contributed by atoms with Gasteiger partial charge < -0.3 is 10.1 Å². The summed E-state index contributed by atoms with van der Waals surface area (Å²) in [5, 5.41) is 2.33. The third kappa shape index (κ3) is 3.40. The first-order valence-corrected chi connectivity index (χ1v) is 6.48. The van der Waals surface area contributed by atoms with Crippen LogP contribution in [0, 0.1) is 5.82 Å². The van der Waals surface area contributed by atoms with E-state index in [4.69, 9.17) is 0 Å². The van der Waals surface area contributed by atoms with E-state index in [1.54, 1.807) is 0 Å². The first kappa shape index (κ1) is 15.0. The van der Waals surface area contributed by atoms with Crippen molar-refractivity contribution in [2.24, 2.45) is 0 Å². The van der Waals surface area contributed by atoms with Gasteiger partial charge in [0.1, 0.15) is 10.3 Å². The predicted molar refractivity (Wildman–Crippen MR) is 75.4 cm³/mol. The van der Waals surface area contributed by atoms with Gasteiger partial charge in [-0.2, -0.15) is 0 Å². The van der Waals surface area contributed by atoms with E-state index in [9.17, 15) is 14.0 Å². The smallest absolute Gasteiger partial charge is 0.340 e. The molecule has 0 spiro atoms. The maximum absolute atomic E-state index is 14.1. The molecule has 0 bridgehead atoms. The predicted octanol–water partition coefficient (Wildman–Crippen LogP) is 2.42. The van der Waals surface area contributed by atoms with Gasteiger partial charge in [0.15, 0.2) is 5.82 Å². The number of amides is 1. The van der Waals surface area contributed by atoms with Crippen LogP contribution < -0.4 is 5.32 Å². The summed E-state index contributed by atoms with van der Waals surface area (Å²) in [5.41, 5.74) is -0.397. The molecule has 108 valence electrons. The molecule has 1 amide bonds. The van der Waals surface area contributed by atoms with E-state index in [0.717, 1.165) is 7.11 Å². The zero-order chi connectivity index (χ0) is 15.4. The summed E-state index contributed by atoms with van der Waals surface area (Å²) in [7, 11) is 1.14. The summed E-state index contributed by atoms with van der Waals surface area (Å²) in [6.07, 6.45) is 2.58. The van der Waals surface area contributed by atoms with Gasteiger partial charge >= 0.3 is 5.97 Å². The van der Waals surface area contributed by atoms with Crippen molar-refractivity contribution in [1.82, 2.24) is 9.97 Å². The fourth-order valence-electron chi connectivity index (χ4n) is 1.51. The molecule has 0 saturated heterocycles. The summed E-state index contributed by atoms with van der Waals surface area (Å²) in [6, 6.07) is 4.01. The van der Waals surface area contributed by atoms with E-state index < -0.39 is 17.7 Å². The highest BCUT2D eigenvalue weighted by molar-refractivity contribution is 9.10. The monoisotopic (exact) mass is 353 g/mol. The summed E-state index contributed by atoms with van der Waals surface area (Å²) in [4.78, 5) is 31.0. The highest BCUT2D eigenvalue weighted by atomic mass is 79.9. The van der Waals surface area contributed by atoms with Crippen LogP contribution in [-0.2, 0) is 4.74 Å². The van der Waals surface area contributed by atoms with E-state index in [0.29, 0.717) is 4.60 Å². The molecule has 2 rings (SSSR count). The van der Waals surface area contributed by atoms with Crippen molar-refractivity contribution in [3.05, 3.63) is 52.3 Å². The zero-order valence-electron chi connectivity index (χ0n) is 10.8. The minimum atomic E-state index is -0.872. The van der Waals surface area contributed by atoms with Gasteiger partial charge in [-0.25, -0.2) is 19.2 Å². The van der Waals surface area contributed by atoms with Crippen molar-refractivity contribution in [1.29, 1.82) is 0 Å². The fraction of sp³-hybridized carbons (Fsp3) is 0.0769. The van der Waals surface area contributed by atoms with Gasteiger partial charge in [-0.3, -0.25) is 4.79 Å². The summed E-state index contributed by atoms with van der Waals surface area (Å²) >= 11 is 3.09. The Morgan fingerprint density at radius 2 is 2.05 bits per heavy atom. The highest BCUT2D eigenvalue weighted by Gasteiger charge is 2.17. The summed E-state index contributed by atoms with van der Waals surface area (Å²) in [5.74, 6) is -2.34. The maximum atomic E-state index is 14.1. The molecule has 0 atom stereocenters. The normalized spacial score (nSPS) is 10.0. The number of rotatable bonds is 3. The number of hydrogen-bond acceptors (Lipinski definition) is 5. The fourth-order valence-corrected chi connectivity index (χ4v) is 1.72. The molecule has 6 nitrogen and oxygen atoms in total. The van der Waals surface area contributed by atoms with Gasteiger partial charge in [-0.15, -0.1) is 0 Å². The van der Waals surface area contributed by atoms with Crippen LogP contribution in [0.4, 0.5) is 10.1 Å². The summed E-state index contributed by atoms with van der Waals surface area (Å²) < 4.78 is 19.0. The van der Waals surface area contributed by atoms with Gasteiger partial charge in [0.05, 0.1) is 30.8 Å². The molecule has 0 saturated carbocycles. The molecule has 0 aliphatic rings. The second kappa shape index (κ2) is 6.40. The number of nitrogens with one attached hydrogen (secondary N) is 1. The van der Waals surface area contributed by atoms with E-state index in [1.165, 1.54) is 30.6 Å². The molecule has 0 fully saturated rings. The molecule has 1 N–H and O–H groups in total. The molecule has 1 aromatic carbocycles. The Balaban J connectivity index is 2.25. The Morgan fingerprint density at radius 3 is 2.67 bits per heavy atom. The van der Waals surface area contributed by atoms with E-state index in [-0.39, 0.29) is 16.9 Å². The Hall–Kier alpha value is -2.35. The lowest BCUT2D eigenvalue weighted by atomic mass is 10.2. The number of hydrogen-bond donors (Lipinski definition) is 1. The second-order valence-electron chi connectivity index (χ2n) is 3.84. The Bertz CT molecular complexity index is 692. The minimum absolute atomic E-state index is 0.0149. The number of anilines is 1. The molecule has 0 aliphatic heterocycles. The number of nitrogens with zero attached hydrogens (tertiary/aromatic N) is 2. The van der Waals surface area contributed by atoms with Crippen molar-refractivity contribution < 1.29 is 18.7 Å². The SMILES string of the molecule is COC(=O)c1cccc(NC(=O)c2cnc(Br)cn2)c1F. The maximum Gasteiger partial charge on any atom is 0.340 e. The molecule has 21 heavy (non-hydrogen) atoms. The third-order valence-electron chi connectivity index (χ3n) is 2.51. The number of carbonyl (C=O) groups is 2. The number of carbonyl (C=O) groups excluding carboxylic acids is 2. The molecular formula is C13H9BrFN3O3. The second-order valence-corrected chi connectivity index (χ2v) is 4.65. The Morgan fingerprint density at radius 1 is 1.29 bits per heavy atom. The number of halogens is 2. The Kier molecular flexibility index (Phi) is 4.59. The quantitative estimate of drug-likeness (QED) is 0.857. The first-order chi connectivity index (χ1) is 10.0. The van der Waals surface area contributed by atoms with E-state index >= 15 is 0 Å². The van der Waals surface area contributed by atoms with Crippen LogP contribution in [0.25, 0.3) is 0 Å². The van der Waals surface area contributed by atoms with Gasteiger partial charge in [0, 0.05) is 0 Å². The first-order valence-electron chi connectivity index (χ1n) is 5.68. The number of benzene rings is 1. The average molecular weight is 354 g/mol. The Labute approximate surface area is 127 Å². The van der Waals surface area contributed by atoms with Crippen LogP contribution in [0.2, 0.25) is 0 Å². The van der Waals surface area contributed by atoms with Crippen molar-refractivity contribution in [3.8, 4) is 0 Å². The topological polar surface area (TPSA) is 81.2 Å². The van der Waals surface area contributed by atoms with Gasteiger partial charge in [-0.05, 0) is 28.1 Å². The molecule has 1 heterocycles. The molecular weight excluding hydrogens is 345 g/mol. The largest absolute Gasteiger partial charge is 0.465 e. The van der Waals surface area contributed by atoms with Crippen molar-refractivity contribution in [2.75, 3.05) is 12.4 Å². The van der Waals surface area contributed by atoms with Crippen LogP contribution in [0.3, 0.4) is 0 Å². The van der Waals surface area contributed by atoms with Crippen LogP contribution in [0.5, 0.6) is 0 Å². The van der Waals surface area contributed by atoms with Gasteiger partial charge in [-0.1, -0.05) is 6.07 Å². The highest BCUT2D eigenvalue weighted by Crippen LogP contribution is 2.19. The molecule has 0 aliphatic carbocycles. The van der Waals surface area contributed by atoms with Gasteiger partial charge in [0.2, 0.25) is 0 Å². The number of esters is 1. The number of methoxy groups -OCH3 is 1. The van der Waals surface area contributed by atoms with E-state index in [2.05, 4.69) is 36.0 Å². The lowest BCUT2D eigenvalue weighted by molar-refractivity contribution is 0.0595. The zero-order valence-corrected chi connectivity index (χ0v) is 12.3. The lowest BCUT2D eigenvalue weighted by Gasteiger charge is -2.08. The number of ether oxygens (including phenoxy) is 1. The average Bonchev–Trinajstić information content (AvgIpc) is 2.49. The minimum Gasteiger partial charge on any atom is -0.465 e. The van der Waals surface area contributed by atoms with Crippen molar-refractivity contribution in [2.45, 2.75) is 0 Å².